The molecule has 16 heavy (non-hydrogen) atoms. The van der Waals surface area contributed by atoms with Crippen molar-refractivity contribution in [2.75, 3.05) is 12.0 Å². The summed E-state index contributed by atoms with van der Waals surface area (Å²) in [4.78, 5) is 0. The third-order valence-corrected chi connectivity index (χ3v) is 3.36. The average Bonchev–Trinajstić information content (AvgIpc) is 2.28. The zero-order chi connectivity index (χ0) is 12.0. The smallest absolute Gasteiger partial charge is 0.146 e. The lowest BCUT2D eigenvalue weighted by atomic mass is 10.2. The Kier molecular flexibility index (Phi) is 6.17. The number of benzene rings is 1. The Morgan fingerprint density at radius 2 is 2.25 bits per heavy atom. The Labute approximate surface area is 106 Å². The summed E-state index contributed by atoms with van der Waals surface area (Å²) < 4.78 is 13.5. The molecule has 0 saturated carbocycles. The van der Waals surface area contributed by atoms with E-state index in [1.54, 1.807) is 18.2 Å². The predicted octanol–water partition coefficient (Wildman–Crippen LogP) is 3.71. The van der Waals surface area contributed by atoms with Crippen LogP contribution in [0.4, 0.5) is 4.39 Å². The van der Waals surface area contributed by atoms with E-state index in [4.69, 9.17) is 11.6 Å². The third kappa shape index (κ3) is 4.32. The van der Waals surface area contributed by atoms with Gasteiger partial charge in [0, 0.05) is 18.2 Å². The summed E-state index contributed by atoms with van der Waals surface area (Å²) in [5.74, 6) is 0.806. The number of rotatable bonds is 6. The highest BCUT2D eigenvalue weighted by Gasteiger charge is 2.07. The van der Waals surface area contributed by atoms with Crippen LogP contribution in [-0.2, 0) is 6.54 Å². The molecular weight excluding hydrogens is 245 g/mol. The van der Waals surface area contributed by atoms with Crippen molar-refractivity contribution in [1.82, 2.24) is 5.32 Å². The summed E-state index contributed by atoms with van der Waals surface area (Å²) in [6.45, 7) is 2.64. The van der Waals surface area contributed by atoms with E-state index in [2.05, 4.69) is 18.5 Å². The van der Waals surface area contributed by atoms with Crippen molar-refractivity contribution in [3.8, 4) is 0 Å². The fourth-order valence-corrected chi connectivity index (χ4v) is 2.15. The summed E-state index contributed by atoms with van der Waals surface area (Å²) in [6.07, 6.45) is 3.17. The molecule has 0 amide bonds. The van der Waals surface area contributed by atoms with Gasteiger partial charge in [-0.05, 0) is 31.4 Å². The number of halogens is 2. The molecule has 4 heteroatoms. The molecule has 1 atom stereocenters. The molecule has 0 aliphatic carbocycles. The molecule has 0 bridgehead atoms. The van der Waals surface area contributed by atoms with Gasteiger partial charge in [0.2, 0.25) is 0 Å². The Morgan fingerprint density at radius 3 is 2.94 bits per heavy atom. The van der Waals surface area contributed by atoms with E-state index in [1.165, 1.54) is 0 Å². The molecule has 0 aliphatic heterocycles. The van der Waals surface area contributed by atoms with Crippen LogP contribution in [0.3, 0.4) is 0 Å². The van der Waals surface area contributed by atoms with Crippen LogP contribution >= 0.6 is 23.4 Å². The normalized spacial score (nSPS) is 12.8. The minimum absolute atomic E-state index is 0.191. The zero-order valence-electron chi connectivity index (χ0n) is 9.59. The van der Waals surface area contributed by atoms with Gasteiger partial charge < -0.3 is 5.32 Å². The molecule has 1 aromatic carbocycles. The van der Waals surface area contributed by atoms with E-state index in [0.717, 1.165) is 12.2 Å². The molecule has 1 N–H and O–H groups in total. The van der Waals surface area contributed by atoms with Gasteiger partial charge in [0.15, 0.2) is 0 Å². The van der Waals surface area contributed by atoms with Gasteiger partial charge in [0.1, 0.15) is 5.82 Å². The standard InChI is InChI=1S/C12H17ClFNS/c1-9(6-7-16-2)15-8-10-4-3-5-11(13)12(10)14/h3-5,9,15H,6-8H2,1-2H3. The van der Waals surface area contributed by atoms with Crippen molar-refractivity contribution in [2.24, 2.45) is 0 Å². The second kappa shape index (κ2) is 7.15. The summed E-state index contributed by atoms with van der Waals surface area (Å²) in [5.41, 5.74) is 0.628. The lowest BCUT2D eigenvalue weighted by molar-refractivity contribution is 0.519. The van der Waals surface area contributed by atoms with Crippen LogP contribution in [0.2, 0.25) is 5.02 Å². The first kappa shape index (κ1) is 13.8. The molecular formula is C12H17ClFNS. The molecule has 0 aliphatic rings. The second-order valence-electron chi connectivity index (χ2n) is 3.78. The quantitative estimate of drug-likeness (QED) is 0.838. The second-order valence-corrected chi connectivity index (χ2v) is 5.17. The number of hydrogen-bond donors (Lipinski definition) is 1. The summed E-state index contributed by atoms with van der Waals surface area (Å²) in [7, 11) is 0. The summed E-state index contributed by atoms with van der Waals surface area (Å²) in [5, 5.41) is 3.48. The largest absolute Gasteiger partial charge is 0.310 e. The fraction of sp³-hybridized carbons (Fsp3) is 0.500. The minimum Gasteiger partial charge on any atom is -0.310 e. The van der Waals surface area contributed by atoms with E-state index in [9.17, 15) is 4.39 Å². The molecule has 1 aromatic rings. The van der Waals surface area contributed by atoms with Gasteiger partial charge in [-0.15, -0.1) is 0 Å². The first-order valence-electron chi connectivity index (χ1n) is 5.30. The maximum atomic E-state index is 13.5. The van der Waals surface area contributed by atoms with Gasteiger partial charge in [-0.25, -0.2) is 4.39 Å². The van der Waals surface area contributed by atoms with E-state index in [1.807, 2.05) is 11.8 Å². The highest BCUT2D eigenvalue weighted by atomic mass is 35.5. The fourth-order valence-electron chi connectivity index (χ4n) is 1.37. The molecule has 0 radical (unpaired) electrons. The van der Waals surface area contributed by atoms with Crippen LogP contribution in [0.25, 0.3) is 0 Å². The molecule has 1 unspecified atom stereocenters. The van der Waals surface area contributed by atoms with Crippen LogP contribution < -0.4 is 5.32 Å². The van der Waals surface area contributed by atoms with Crippen LogP contribution in [0.5, 0.6) is 0 Å². The third-order valence-electron chi connectivity index (χ3n) is 2.43. The van der Waals surface area contributed by atoms with E-state index >= 15 is 0 Å². The topological polar surface area (TPSA) is 12.0 Å². The molecule has 0 heterocycles. The highest BCUT2D eigenvalue weighted by molar-refractivity contribution is 7.98. The van der Waals surface area contributed by atoms with Crippen molar-refractivity contribution in [2.45, 2.75) is 25.9 Å². The lowest BCUT2D eigenvalue weighted by Gasteiger charge is -2.13. The molecule has 0 aromatic heterocycles. The minimum atomic E-state index is -0.311. The zero-order valence-corrected chi connectivity index (χ0v) is 11.2. The Morgan fingerprint density at radius 1 is 1.50 bits per heavy atom. The van der Waals surface area contributed by atoms with Crippen LogP contribution in [0.15, 0.2) is 18.2 Å². The molecule has 1 nitrogen and oxygen atoms in total. The summed E-state index contributed by atoms with van der Waals surface area (Å²) in [6, 6.07) is 5.49. The first-order chi connectivity index (χ1) is 7.65. The van der Waals surface area contributed by atoms with Crippen molar-refractivity contribution >= 4 is 23.4 Å². The van der Waals surface area contributed by atoms with Crippen molar-refractivity contribution in [3.05, 3.63) is 34.6 Å². The molecule has 0 spiro atoms. The molecule has 90 valence electrons. The number of nitrogens with one attached hydrogen (secondary N) is 1. The van der Waals surface area contributed by atoms with Gasteiger partial charge >= 0.3 is 0 Å². The Hall–Kier alpha value is -0.250. The average molecular weight is 262 g/mol. The van der Waals surface area contributed by atoms with Crippen molar-refractivity contribution < 1.29 is 4.39 Å². The van der Waals surface area contributed by atoms with Crippen LogP contribution in [0, 0.1) is 5.82 Å². The monoisotopic (exact) mass is 261 g/mol. The van der Waals surface area contributed by atoms with Crippen LogP contribution in [0.1, 0.15) is 18.9 Å². The number of hydrogen-bond acceptors (Lipinski definition) is 2. The lowest BCUT2D eigenvalue weighted by Crippen LogP contribution is -2.26. The maximum Gasteiger partial charge on any atom is 0.146 e. The van der Waals surface area contributed by atoms with Gasteiger partial charge in [0.25, 0.3) is 0 Å². The summed E-state index contributed by atoms with van der Waals surface area (Å²) >= 11 is 7.53. The van der Waals surface area contributed by atoms with E-state index < -0.39 is 0 Å². The van der Waals surface area contributed by atoms with E-state index in [0.29, 0.717) is 18.2 Å². The van der Waals surface area contributed by atoms with Gasteiger partial charge in [-0.3, -0.25) is 0 Å². The molecule has 0 saturated heterocycles. The molecule has 0 fully saturated rings. The number of thioether (sulfide) groups is 1. The van der Waals surface area contributed by atoms with Crippen molar-refractivity contribution in [3.63, 3.8) is 0 Å². The highest BCUT2D eigenvalue weighted by Crippen LogP contribution is 2.17. The van der Waals surface area contributed by atoms with Crippen molar-refractivity contribution in [1.29, 1.82) is 0 Å². The predicted molar refractivity (Wildman–Crippen MR) is 70.7 cm³/mol. The van der Waals surface area contributed by atoms with Gasteiger partial charge in [-0.1, -0.05) is 23.7 Å². The first-order valence-corrected chi connectivity index (χ1v) is 7.07. The van der Waals surface area contributed by atoms with Gasteiger partial charge in [0.05, 0.1) is 5.02 Å². The maximum absolute atomic E-state index is 13.5. The molecule has 1 rings (SSSR count). The Bertz CT molecular complexity index is 333. The van der Waals surface area contributed by atoms with Crippen LogP contribution in [-0.4, -0.2) is 18.1 Å². The Balaban J connectivity index is 2.45. The SMILES string of the molecule is CSCCC(C)NCc1cccc(Cl)c1F. The van der Waals surface area contributed by atoms with Gasteiger partial charge in [-0.2, -0.15) is 11.8 Å². The van der Waals surface area contributed by atoms with E-state index in [-0.39, 0.29) is 10.8 Å².